The van der Waals surface area contributed by atoms with Gasteiger partial charge in [0.05, 0.1) is 49.3 Å². The number of benzene rings is 8. The predicted octanol–water partition coefficient (Wildman–Crippen LogP) is 12.0. The summed E-state index contributed by atoms with van der Waals surface area (Å²) in [4.78, 5) is 62.1. The molecule has 4 heterocycles. The van der Waals surface area contributed by atoms with Crippen molar-refractivity contribution in [1.29, 1.82) is 0 Å². The van der Waals surface area contributed by atoms with Crippen molar-refractivity contribution in [1.82, 2.24) is 34.8 Å². The third-order valence-electron chi connectivity index (χ3n) is 18.4. The molecule has 0 bridgehead atoms. The van der Waals surface area contributed by atoms with E-state index in [1.807, 2.05) is 196 Å². The molecule has 6 aromatic carbocycles. The lowest BCUT2D eigenvalue weighted by molar-refractivity contribution is -0.134. The van der Waals surface area contributed by atoms with Crippen LogP contribution in [0, 0.1) is 13.8 Å². The van der Waals surface area contributed by atoms with Gasteiger partial charge in [0.25, 0.3) is 11.8 Å². The molecule has 0 saturated heterocycles. The van der Waals surface area contributed by atoms with Crippen LogP contribution in [0.3, 0.4) is 0 Å². The molecule has 3 amide bonds. The van der Waals surface area contributed by atoms with Gasteiger partial charge in [0.2, 0.25) is 16.6 Å². The number of hydrogen-bond acceptors (Lipinski definition) is 13. The fourth-order valence-electron chi connectivity index (χ4n) is 12.9. The number of ether oxygens (including phenoxy) is 3. The van der Waals surface area contributed by atoms with Crippen molar-refractivity contribution in [3.63, 3.8) is 0 Å². The monoisotopic (exact) mass is 1330 g/mol. The van der Waals surface area contributed by atoms with E-state index in [2.05, 4.69) is 45.2 Å². The van der Waals surface area contributed by atoms with E-state index in [1.165, 1.54) is 0 Å². The second-order valence-electron chi connectivity index (χ2n) is 26.0. The van der Waals surface area contributed by atoms with Crippen molar-refractivity contribution >= 4 is 62.5 Å². The minimum atomic E-state index is -1.35. The van der Waals surface area contributed by atoms with Gasteiger partial charge in [0.1, 0.15) is 70.2 Å². The molecule has 2 aliphatic carbocycles. The Bertz CT molecular complexity index is 5030. The summed E-state index contributed by atoms with van der Waals surface area (Å²) in [5, 5.41) is 18.9. The van der Waals surface area contributed by atoms with E-state index in [0.717, 1.165) is 94.3 Å². The second-order valence-corrected chi connectivity index (χ2v) is 26.0. The average molecular weight is 1330 g/mol. The highest BCUT2D eigenvalue weighted by Gasteiger charge is 2.30. The number of aromatic nitrogens is 3. The molecule has 0 spiro atoms. The number of amides is 3. The molecule has 0 radical (unpaired) electrons. The van der Waals surface area contributed by atoms with Crippen molar-refractivity contribution in [2.45, 2.75) is 72.0 Å². The van der Waals surface area contributed by atoms with Crippen LogP contribution in [0.5, 0.6) is 0 Å². The van der Waals surface area contributed by atoms with E-state index < -0.39 is 18.8 Å². The molecule has 12 rings (SSSR count). The Balaban J connectivity index is 0.722. The zero-order valence-electron chi connectivity index (χ0n) is 59.9. The molecular formula is C80H86N10O9+2. The number of carbonyl (C=O) groups is 4. The zero-order valence-corrected chi connectivity index (χ0v) is 57.9. The number of aryl methyl sites for hydroxylation is 2. The molecule has 19 nitrogen and oxygen atoms in total. The first kappa shape index (κ1) is 65.7. The maximum Gasteiger partial charge on any atom is 0.251 e. The number of nitrogens with one attached hydrogen (secondary N) is 2. The van der Waals surface area contributed by atoms with Crippen molar-refractivity contribution in [3.8, 4) is 67.4 Å². The number of ketones is 1. The summed E-state index contributed by atoms with van der Waals surface area (Å²) < 4.78 is 53.8. The standard InChI is InChI=1S/C80H84N10O9/c1-50-25-27-53(41-66(50)75-62-33-29-56(85(4)5)43-71(62)98-72-44-57(86(6)7)30-34-63(72)75)79(93)81-37-17-16-22-68(82-80(94)54-28-26-51(2)67(42-54)76-64-35-31-58(87(8)9)45-73(64)99-74-46-59(88(10)11)32-36-65(74)76)70(92)24-18-39-95-48-97-49-96-40-38-90-78-60-20-13-12-19-55(60)47-89(52(3)91)69-23-15-14-21-61(69)77(78)83-84-90/h12-15,19-21,23,25-36,41-46,68H,16-18,22,24,37-40,47-49H2,1-11H3/p+2/i1D2. The Labute approximate surface area is 579 Å². The molecule has 5 aliphatic rings. The Hall–Kier alpha value is -10.6. The van der Waals surface area contributed by atoms with Crippen LogP contribution in [-0.4, -0.2) is 134 Å². The SMILES string of the molecule is [2H]C([2H])c1ccc(C(=O)NCCCCC(NC(=O)c2ccc(C)c(-c3c4ccc(=[N+](C)C)cc-4oc4cc(N(C)C)ccc34)c2)C(=O)CCCOCOCOCCn2nnc3c2-c2ccccc2CN(C(C)=O)c2ccccc2-3)cc1-c1c2ccc(=[N+](C)C)cc-2oc2cc(N(C)C)ccc12. The van der Waals surface area contributed by atoms with Gasteiger partial charge in [-0.15, -0.1) is 5.10 Å². The summed E-state index contributed by atoms with van der Waals surface area (Å²) in [5.41, 5.74) is 15.1. The van der Waals surface area contributed by atoms with Gasteiger partial charge in [-0.3, -0.25) is 19.2 Å². The molecule has 99 heavy (non-hydrogen) atoms. The summed E-state index contributed by atoms with van der Waals surface area (Å²) in [6, 6.07) is 49.7. The third kappa shape index (κ3) is 14.8. The first-order valence-corrected chi connectivity index (χ1v) is 33.4. The average Bonchev–Trinajstić information content (AvgIpc) is 1.59. The lowest BCUT2D eigenvalue weighted by Gasteiger charge is -2.27. The van der Waals surface area contributed by atoms with Crippen molar-refractivity contribution < 1.29 is 45.0 Å². The summed E-state index contributed by atoms with van der Waals surface area (Å²) in [7, 11) is 15.8. The maximum absolute atomic E-state index is 14.7. The summed E-state index contributed by atoms with van der Waals surface area (Å²) in [5.74, 6) is 0.340. The van der Waals surface area contributed by atoms with Gasteiger partial charge in [-0.05, 0) is 134 Å². The minimum Gasteiger partial charge on any atom is -0.456 e. The zero-order chi connectivity index (χ0) is 71.2. The Morgan fingerprint density at radius 1 is 0.616 bits per heavy atom. The molecule has 508 valence electrons. The van der Waals surface area contributed by atoms with Crippen LogP contribution in [0.4, 0.5) is 17.1 Å². The second kappa shape index (κ2) is 30.0. The fraction of sp³-hybridized carbons (Fsp3) is 0.300. The molecular weight excluding hydrogens is 1240 g/mol. The van der Waals surface area contributed by atoms with Crippen molar-refractivity contribution in [3.05, 3.63) is 196 Å². The number of fused-ring (bicyclic) bond motifs is 9. The quantitative estimate of drug-likeness (QED) is 0.0251. The lowest BCUT2D eigenvalue weighted by atomic mass is 9.90. The topological polar surface area (TPSA) is 193 Å². The summed E-state index contributed by atoms with van der Waals surface area (Å²) in [6.07, 6.45) is 1.73. The number of hydrogen-bond donors (Lipinski definition) is 2. The number of Topliss-reactive ketones (excluding diaryl/α,β-unsaturated/α-hetero) is 1. The first-order valence-electron chi connectivity index (χ1n) is 34.6. The van der Waals surface area contributed by atoms with Gasteiger partial charge >= 0.3 is 0 Å². The number of para-hydroxylation sites is 1. The Kier molecular flexibility index (Phi) is 19.9. The summed E-state index contributed by atoms with van der Waals surface area (Å²) >= 11 is 0. The van der Waals surface area contributed by atoms with Crippen molar-refractivity contribution in [2.75, 3.05) is 104 Å². The van der Waals surface area contributed by atoms with E-state index >= 15 is 0 Å². The van der Waals surface area contributed by atoms with Crippen LogP contribution in [0.25, 0.3) is 89.4 Å². The van der Waals surface area contributed by atoms with Crippen LogP contribution in [-0.2, 0) is 36.9 Å². The van der Waals surface area contributed by atoms with Gasteiger partial charge in [0, 0.05) is 148 Å². The first-order chi connectivity index (χ1) is 48.7. The van der Waals surface area contributed by atoms with Crippen LogP contribution >= 0.6 is 0 Å². The molecule has 1 atom stereocenters. The van der Waals surface area contributed by atoms with Gasteiger partial charge in [-0.1, -0.05) is 59.8 Å². The van der Waals surface area contributed by atoms with E-state index in [9.17, 15) is 19.2 Å². The van der Waals surface area contributed by atoms with Gasteiger partial charge in [-0.25, -0.2) is 13.8 Å². The Morgan fingerprint density at radius 2 is 1.20 bits per heavy atom. The molecule has 0 saturated carbocycles. The number of carbonyl (C=O) groups excluding carboxylic acids is 4. The molecule has 19 heteroatoms. The van der Waals surface area contributed by atoms with Crippen LogP contribution < -0.4 is 45.2 Å². The van der Waals surface area contributed by atoms with Crippen LogP contribution in [0.15, 0.2) is 167 Å². The van der Waals surface area contributed by atoms with E-state index in [-0.39, 0.29) is 57.4 Å². The van der Waals surface area contributed by atoms with E-state index in [4.69, 9.17) is 25.8 Å². The third-order valence-corrected chi connectivity index (χ3v) is 18.4. The molecule has 2 N–H and O–H groups in total. The number of anilines is 3. The largest absolute Gasteiger partial charge is 0.456 e. The predicted molar refractivity (Wildman–Crippen MR) is 391 cm³/mol. The van der Waals surface area contributed by atoms with E-state index in [1.54, 1.807) is 36.1 Å². The lowest BCUT2D eigenvalue weighted by Crippen LogP contribution is -2.41. The van der Waals surface area contributed by atoms with Crippen molar-refractivity contribution in [2.24, 2.45) is 0 Å². The highest BCUT2D eigenvalue weighted by atomic mass is 16.7. The van der Waals surface area contributed by atoms with Gasteiger partial charge in [0.15, 0.2) is 5.78 Å². The normalized spacial score (nSPS) is 12.5. The van der Waals surface area contributed by atoms with Crippen LogP contribution in [0.2, 0.25) is 0 Å². The van der Waals surface area contributed by atoms with Gasteiger partial charge < -0.3 is 48.4 Å². The number of rotatable bonds is 24. The smallest absolute Gasteiger partial charge is 0.251 e. The molecule has 1 unspecified atom stereocenters. The van der Waals surface area contributed by atoms with Crippen LogP contribution in [0.1, 0.15) is 79.2 Å². The minimum absolute atomic E-state index is 0.0552. The highest BCUT2D eigenvalue weighted by Crippen LogP contribution is 2.45. The van der Waals surface area contributed by atoms with Gasteiger partial charge in [-0.2, -0.15) is 0 Å². The molecule has 0 fully saturated rings. The molecule has 7 aromatic rings. The maximum atomic E-state index is 14.7. The highest BCUT2D eigenvalue weighted by molar-refractivity contribution is 6.07. The molecule has 1 aromatic heterocycles. The molecule has 3 aliphatic heterocycles. The Morgan fingerprint density at radius 3 is 1.82 bits per heavy atom. The van der Waals surface area contributed by atoms with E-state index in [0.29, 0.717) is 89.4 Å². The number of nitrogens with zero attached hydrogens (tertiary/aromatic N) is 8. The fourth-order valence-corrected chi connectivity index (χ4v) is 12.9. The number of unbranched alkanes of at least 4 members (excludes halogenated alkanes) is 1. The summed E-state index contributed by atoms with van der Waals surface area (Å²) in [6.45, 7) is 3.61.